The van der Waals surface area contributed by atoms with Crippen molar-refractivity contribution in [2.45, 2.75) is 13.8 Å². The summed E-state index contributed by atoms with van der Waals surface area (Å²) >= 11 is 0. The molecule has 0 aliphatic rings. The molecule has 0 spiro atoms. The summed E-state index contributed by atoms with van der Waals surface area (Å²) in [5.41, 5.74) is 9.08. The Kier molecular flexibility index (Phi) is 10.5. The first-order valence-electron chi connectivity index (χ1n) is 3.39. The second-order valence-electron chi connectivity index (χ2n) is 1.50. The molecule has 0 aromatic rings. The van der Waals surface area contributed by atoms with Crippen LogP contribution in [-0.4, -0.2) is 25.4 Å². The van der Waals surface area contributed by atoms with Crippen molar-refractivity contribution in [3.05, 3.63) is 0 Å². The number of ether oxygens (including phenoxy) is 2. The standard InChI is InChI=1S/2C3H7NO2/c2*1-2-6-3(4)5/h2*2H2,1H3,(H2,4,5). The highest BCUT2D eigenvalue weighted by molar-refractivity contribution is 5.64. The van der Waals surface area contributed by atoms with Gasteiger partial charge in [0.15, 0.2) is 0 Å². The molecule has 4 N–H and O–H groups in total. The van der Waals surface area contributed by atoms with Crippen LogP contribution in [0.15, 0.2) is 0 Å². The van der Waals surface area contributed by atoms with Crippen LogP contribution in [0.2, 0.25) is 0 Å². The van der Waals surface area contributed by atoms with Crippen LogP contribution in [0.25, 0.3) is 0 Å². The zero-order chi connectivity index (χ0) is 9.98. The third-order valence-electron chi connectivity index (χ3n) is 0.573. The predicted octanol–water partition coefficient (Wildman–Crippen LogP) is 0.203. The zero-order valence-corrected chi connectivity index (χ0v) is 7.20. The van der Waals surface area contributed by atoms with Gasteiger partial charge in [0.05, 0.1) is 13.2 Å². The molecule has 0 aromatic carbocycles. The van der Waals surface area contributed by atoms with Crippen LogP contribution in [-0.2, 0) is 9.47 Å². The smallest absolute Gasteiger partial charge is 0.404 e. The fourth-order valence-corrected chi connectivity index (χ4v) is 0.285. The van der Waals surface area contributed by atoms with Crippen molar-refractivity contribution >= 4 is 12.2 Å². The molecule has 0 unspecified atom stereocenters. The van der Waals surface area contributed by atoms with E-state index in [1.165, 1.54) is 0 Å². The van der Waals surface area contributed by atoms with Gasteiger partial charge in [-0.05, 0) is 13.8 Å². The van der Waals surface area contributed by atoms with E-state index >= 15 is 0 Å². The van der Waals surface area contributed by atoms with Gasteiger partial charge in [-0.1, -0.05) is 0 Å². The molecule has 0 bridgehead atoms. The molecule has 6 nitrogen and oxygen atoms in total. The van der Waals surface area contributed by atoms with Gasteiger partial charge in [-0.2, -0.15) is 0 Å². The number of rotatable bonds is 2. The van der Waals surface area contributed by atoms with Crippen LogP contribution < -0.4 is 11.5 Å². The van der Waals surface area contributed by atoms with Crippen molar-refractivity contribution in [1.82, 2.24) is 0 Å². The molecule has 0 saturated carbocycles. The van der Waals surface area contributed by atoms with E-state index in [1.807, 2.05) is 0 Å². The molecule has 0 heterocycles. The molecular weight excluding hydrogens is 164 g/mol. The maximum atomic E-state index is 9.60. The minimum atomic E-state index is -0.711. The molecule has 0 aliphatic carbocycles. The van der Waals surface area contributed by atoms with Gasteiger partial charge in [0.2, 0.25) is 0 Å². The first-order valence-corrected chi connectivity index (χ1v) is 3.39. The Labute approximate surface area is 70.8 Å². The highest BCUT2D eigenvalue weighted by atomic mass is 16.5. The van der Waals surface area contributed by atoms with Crippen LogP contribution >= 0.6 is 0 Å². The Morgan fingerprint density at radius 2 is 1.25 bits per heavy atom. The minimum Gasteiger partial charge on any atom is -0.450 e. The molecule has 12 heavy (non-hydrogen) atoms. The maximum absolute atomic E-state index is 9.60. The normalized spacial score (nSPS) is 7.50. The fraction of sp³-hybridized carbons (Fsp3) is 0.667. The molecule has 2 amide bonds. The Balaban J connectivity index is 0. The number of amides is 2. The number of primary amides is 2. The van der Waals surface area contributed by atoms with E-state index < -0.39 is 12.2 Å². The van der Waals surface area contributed by atoms with Crippen molar-refractivity contribution in [3.63, 3.8) is 0 Å². The summed E-state index contributed by atoms with van der Waals surface area (Å²) in [6.07, 6.45) is -1.42. The van der Waals surface area contributed by atoms with E-state index in [4.69, 9.17) is 0 Å². The zero-order valence-electron chi connectivity index (χ0n) is 7.20. The van der Waals surface area contributed by atoms with E-state index in [0.29, 0.717) is 13.2 Å². The lowest BCUT2D eigenvalue weighted by atomic mass is 10.9. The van der Waals surface area contributed by atoms with Gasteiger partial charge in [-0.3, -0.25) is 0 Å². The van der Waals surface area contributed by atoms with E-state index in [9.17, 15) is 9.59 Å². The Hall–Kier alpha value is -1.46. The minimum absolute atomic E-state index is 0.356. The molecule has 0 rings (SSSR count). The molecule has 0 fully saturated rings. The number of carbonyl (C=O) groups is 2. The van der Waals surface area contributed by atoms with Gasteiger partial charge in [-0.15, -0.1) is 0 Å². The number of hydrogen-bond acceptors (Lipinski definition) is 4. The number of nitrogens with two attached hydrogens (primary N) is 2. The average Bonchev–Trinajstić information content (AvgIpc) is 1.87. The summed E-state index contributed by atoms with van der Waals surface area (Å²) in [5, 5.41) is 0. The molecule has 72 valence electrons. The summed E-state index contributed by atoms with van der Waals surface area (Å²) in [4.78, 5) is 19.2. The van der Waals surface area contributed by atoms with Gasteiger partial charge >= 0.3 is 12.2 Å². The topological polar surface area (TPSA) is 105 Å². The van der Waals surface area contributed by atoms with Crippen molar-refractivity contribution < 1.29 is 19.1 Å². The largest absolute Gasteiger partial charge is 0.450 e. The molecular formula is C6H14N2O4. The van der Waals surface area contributed by atoms with Crippen LogP contribution in [0.1, 0.15) is 13.8 Å². The summed E-state index contributed by atoms with van der Waals surface area (Å²) in [7, 11) is 0. The summed E-state index contributed by atoms with van der Waals surface area (Å²) in [6.45, 7) is 4.11. The molecule has 0 aromatic heterocycles. The van der Waals surface area contributed by atoms with Crippen LogP contribution in [0, 0.1) is 0 Å². The predicted molar refractivity (Wildman–Crippen MR) is 42.4 cm³/mol. The average molecular weight is 178 g/mol. The fourth-order valence-electron chi connectivity index (χ4n) is 0.285. The van der Waals surface area contributed by atoms with Gasteiger partial charge in [0.1, 0.15) is 0 Å². The first kappa shape index (κ1) is 13.2. The van der Waals surface area contributed by atoms with Crippen molar-refractivity contribution in [3.8, 4) is 0 Å². The molecule has 0 radical (unpaired) electrons. The SMILES string of the molecule is CCOC(N)=O.CCOC(N)=O. The summed E-state index contributed by atoms with van der Waals surface area (Å²) in [5.74, 6) is 0. The third kappa shape index (κ3) is 23.6. The van der Waals surface area contributed by atoms with E-state index in [1.54, 1.807) is 13.8 Å². The Bertz CT molecular complexity index is 122. The van der Waals surface area contributed by atoms with Crippen LogP contribution in [0.5, 0.6) is 0 Å². The lowest BCUT2D eigenvalue weighted by molar-refractivity contribution is 0.162. The summed E-state index contributed by atoms with van der Waals surface area (Å²) < 4.78 is 8.36. The summed E-state index contributed by atoms with van der Waals surface area (Å²) in [6, 6.07) is 0. The highest BCUT2D eigenvalue weighted by Gasteiger charge is 1.82. The number of hydrogen-bond donors (Lipinski definition) is 2. The van der Waals surface area contributed by atoms with Gasteiger partial charge in [0.25, 0.3) is 0 Å². The van der Waals surface area contributed by atoms with Crippen molar-refractivity contribution in [2.24, 2.45) is 11.5 Å². The van der Waals surface area contributed by atoms with Crippen molar-refractivity contribution in [2.75, 3.05) is 13.2 Å². The molecule has 0 aliphatic heterocycles. The van der Waals surface area contributed by atoms with Gasteiger partial charge in [-0.25, -0.2) is 9.59 Å². The van der Waals surface area contributed by atoms with Crippen LogP contribution in [0.3, 0.4) is 0 Å². The third-order valence-corrected chi connectivity index (χ3v) is 0.573. The first-order chi connectivity index (χ1) is 5.54. The maximum Gasteiger partial charge on any atom is 0.404 e. The second-order valence-corrected chi connectivity index (χ2v) is 1.50. The molecule has 0 atom stereocenters. The molecule has 0 saturated heterocycles. The van der Waals surface area contributed by atoms with Gasteiger partial charge in [0, 0.05) is 0 Å². The van der Waals surface area contributed by atoms with E-state index in [0.717, 1.165) is 0 Å². The van der Waals surface area contributed by atoms with Gasteiger partial charge < -0.3 is 20.9 Å². The number of carbonyl (C=O) groups excluding carboxylic acids is 2. The quantitative estimate of drug-likeness (QED) is 0.630. The monoisotopic (exact) mass is 178 g/mol. The lowest BCUT2D eigenvalue weighted by Gasteiger charge is -1.89. The highest BCUT2D eigenvalue weighted by Crippen LogP contribution is 1.66. The molecule has 6 heteroatoms. The second kappa shape index (κ2) is 9.54. The lowest BCUT2D eigenvalue weighted by Crippen LogP contribution is -2.11. The van der Waals surface area contributed by atoms with E-state index in [2.05, 4.69) is 20.9 Å². The van der Waals surface area contributed by atoms with Crippen LogP contribution in [0.4, 0.5) is 9.59 Å². The van der Waals surface area contributed by atoms with E-state index in [-0.39, 0.29) is 0 Å². The Morgan fingerprint density at radius 1 is 1.00 bits per heavy atom. The van der Waals surface area contributed by atoms with Crippen molar-refractivity contribution in [1.29, 1.82) is 0 Å². The Morgan fingerprint density at radius 3 is 1.25 bits per heavy atom.